The zero-order valence-electron chi connectivity index (χ0n) is 9.97. The Balaban J connectivity index is 2.07. The fourth-order valence-electron chi connectivity index (χ4n) is 2.02. The quantitative estimate of drug-likeness (QED) is 0.813. The van der Waals surface area contributed by atoms with E-state index in [4.69, 9.17) is 16.7 Å². The van der Waals surface area contributed by atoms with Gasteiger partial charge in [-0.15, -0.1) is 0 Å². The van der Waals surface area contributed by atoms with E-state index in [0.717, 1.165) is 0 Å². The van der Waals surface area contributed by atoms with Gasteiger partial charge in [-0.1, -0.05) is 11.6 Å². The molecule has 104 valence electrons. The number of halogens is 1. The first-order valence-electron chi connectivity index (χ1n) is 5.71. The normalized spacial score (nSPS) is 21.2. The van der Waals surface area contributed by atoms with Crippen LogP contribution in [0.25, 0.3) is 0 Å². The van der Waals surface area contributed by atoms with Gasteiger partial charge in [-0.3, -0.25) is 0 Å². The molecule has 0 amide bonds. The molecule has 0 aromatic carbocycles. The third kappa shape index (κ3) is 3.57. The molecule has 6 nitrogen and oxygen atoms in total. The van der Waals surface area contributed by atoms with Crippen LogP contribution in [0, 0.1) is 5.92 Å². The van der Waals surface area contributed by atoms with Gasteiger partial charge in [0, 0.05) is 6.54 Å². The number of carbonyl (C=O) groups is 1. The lowest BCUT2D eigenvalue weighted by atomic mass is 10.1. The number of nitrogens with zero attached hydrogens (tertiary/aromatic N) is 1. The number of rotatable bonds is 4. The molecule has 0 bridgehead atoms. The predicted octanol–water partition coefficient (Wildman–Crippen LogP) is 1.28. The smallest absolute Gasteiger partial charge is 0.339 e. The maximum atomic E-state index is 11.3. The predicted molar refractivity (Wildman–Crippen MR) is 71.5 cm³/mol. The first kappa shape index (κ1) is 14.1. The van der Waals surface area contributed by atoms with E-state index in [9.17, 15) is 13.2 Å². The zero-order valence-corrected chi connectivity index (χ0v) is 11.5. The second kappa shape index (κ2) is 5.34. The standard InChI is InChI=1S/C11H13ClN2O4S/c12-9-2-1-8(11(15)16)10(14-9)13-5-7-3-4-19(17,18)6-7/h1-2,7H,3-6H2,(H,13,14)(H,15,16). The maximum absolute atomic E-state index is 11.3. The molecule has 8 heteroatoms. The summed E-state index contributed by atoms with van der Waals surface area (Å²) >= 11 is 5.72. The van der Waals surface area contributed by atoms with E-state index in [2.05, 4.69) is 10.3 Å². The first-order chi connectivity index (χ1) is 8.87. The molecule has 1 saturated heterocycles. The van der Waals surface area contributed by atoms with E-state index in [1.54, 1.807) is 0 Å². The molecule has 0 radical (unpaired) electrons. The van der Waals surface area contributed by atoms with Gasteiger partial charge in [-0.25, -0.2) is 18.2 Å². The summed E-state index contributed by atoms with van der Waals surface area (Å²) in [6.45, 7) is 0.368. The molecule has 1 aliphatic rings. The van der Waals surface area contributed by atoms with Gasteiger partial charge in [-0.05, 0) is 24.5 Å². The summed E-state index contributed by atoms with van der Waals surface area (Å²) in [5.74, 6) is -0.640. The molecule has 2 heterocycles. The maximum Gasteiger partial charge on any atom is 0.339 e. The van der Waals surface area contributed by atoms with Crippen molar-refractivity contribution in [2.45, 2.75) is 6.42 Å². The molecule has 0 saturated carbocycles. The average molecular weight is 305 g/mol. The van der Waals surface area contributed by atoms with Crippen LogP contribution in [-0.2, 0) is 9.84 Å². The molecule has 1 aliphatic heterocycles. The topological polar surface area (TPSA) is 96.4 Å². The van der Waals surface area contributed by atoms with Crippen LogP contribution in [0.5, 0.6) is 0 Å². The summed E-state index contributed by atoms with van der Waals surface area (Å²) in [6, 6.07) is 2.77. The van der Waals surface area contributed by atoms with Gasteiger partial charge in [0.25, 0.3) is 0 Å². The highest BCUT2D eigenvalue weighted by Crippen LogP contribution is 2.21. The number of aromatic nitrogens is 1. The Morgan fingerprint density at radius 3 is 2.84 bits per heavy atom. The van der Waals surface area contributed by atoms with Crippen molar-refractivity contribution in [3.05, 3.63) is 22.8 Å². The number of hydrogen-bond acceptors (Lipinski definition) is 5. The van der Waals surface area contributed by atoms with Gasteiger partial charge < -0.3 is 10.4 Å². The number of sulfone groups is 1. The van der Waals surface area contributed by atoms with Crippen LogP contribution in [0.4, 0.5) is 5.82 Å². The third-order valence-corrected chi connectivity index (χ3v) is 5.02. The van der Waals surface area contributed by atoms with Gasteiger partial charge in [-0.2, -0.15) is 0 Å². The average Bonchev–Trinajstić information content (AvgIpc) is 2.66. The van der Waals surface area contributed by atoms with Crippen LogP contribution in [0.1, 0.15) is 16.8 Å². The van der Waals surface area contributed by atoms with Gasteiger partial charge in [0.05, 0.1) is 11.5 Å². The Labute approximate surface area is 115 Å². The minimum atomic E-state index is -2.94. The van der Waals surface area contributed by atoms with Gasteiger partial charge in [0.2, 0.25) is 0 Å². The monoisotopic (exact) mass is 304 g/mol. The van der Waals surface area contributed by atoms with Crippen LogP contribution in [0.3, 0.4) is 0 Å². The summed E-state index contributed by atoms with van der Waals surface area (Å²) in [5.41, 5.74) is 0.0188. The number of pyridine rings is 1. The van der Waals surface area contributed by atoms with E-state index < -0.39 is 15.8 Å². The molecule has 1 unspecified atom stereocenters. The number of anilines is 1. The van der Waals surface area contributed by atoms with E-state index >= 15 is 0 Å². The van der Waals surface area contributed by atoms with E-state index in [-0.39, 0.29) is 34.0 Å². The largest absolute Gasteiger partial charge is 0.478 e. The van der Waals surface area contributed by atoms with Crippen LogP contribution < -0.4 is 5.32 Å². The number of nitrogens with one attached hydrogen (secondary N) is 1. The molecule has 2 N–H and O–H groups in total. The fraction of sp³-hybridized carbons (Fsp3) is 0.455. The molecule has 1 fully saturated rings. The van der Waals surface area contributed by atoms with Crippen molar-refractivity contribution in [2.75, 3.05) is 23.4 Å². The van der Waals surface area contributed by atoms with Crippen LogP contribution in [-0.4, -0.2) is 42.5 Å². The molecule has 1 aromatic rings. The van der Waals surface area contributed by atoms with Crippen LogP contribution >= 0.6 is 11.6 Å². The summed E-state index contributed by atoms with van der Waals surface area (Å²) in [5, 5.41) is 12.1. The summed E-state index contributed by atoms with van der Waals surface area (Å²) in [6.07, 6.45) is 0.582. The Kier molecular flexibility index (Phi) is 3.96. The Morgan fingerprint density at radius 2 is 2.26 bits per heavy atom. The van der Waals surface area contributed by atoms with Gasteiger partial charge in [0.15, 0.2) is 9.84 Å². The van der Waals surface area contributed by atoms with Crippen molar-refractivity contribution in [3.8, 4) is 0 Å². The van der Waals surface area contributed by atoms with Crippen molar-refractivity contribution >= 4 is 33.2 Å². The summed E-state index contributed by atoms with van der Waals surface area (Å²) in [7, 11) is -2.94. The van der Waals surface area contributed by atoms with E-state index in [0.29, 0.717) is 13.0 Å². The highest BCUT2D eigenvalue weighted by molar-refractivity contribution is 7.91. The minimum absolute atomic E-state index is 0.0188. The van der Waals surface area contributed by atoms with E-state index in [1.807, 2.05) is 0 Å². The molecule has 1 atom stereocenters. The Hall–Kier alpha value is -1.34. The Bertz CT molecular complexity index is 603. The summed E-state index contributed by atoms with van der Waals surface area (Å²) in [4.78, 5) is 14.9. The fourth-order valence-corrected chi connectivity index (χ4v) is 4.03. The van der Waals surface area contributed by atoms with E-state index in [1.165, 1.54) is 12.1 Å². The number of aromatic carboxylic acids is 1. The van der Waals surface area contributed by atoms with Gasteiger partial charge >= 0.3 is 5.97 Å². The zero-order chi connectivity index (χ0) is 14.0. The number of carboxylic acid groups (broad SMARTS) is 1. The highest BCUT2D eigenvalue weighted by Gasteiger charge is 2.28. The molecule has 2 rings (SSSR count). The van der Waals surface area contributed by atoms with Crippen molar-refractivity contribution < 1.29 is 18.3 Å². The number of carboxylic acids is 1. The SMILES string of the molecule is O=C(O)c1ccc(Cl)nc1NCC1CCS(=O)(=O)C1. The lowest BCUT2D eigenvalue weighted by molar-refractivity contribution is 0.0697. The van der Waals surface area contributed by atoms with Crippen molar-refractivity contribution in [1.29, 1.82) is 0 Å². The molecule has 0 aliphatic carbocycles. The molecular weight excluding hydrogens is 292 g/mol. The summed E-state index contributed by atoms with van der Waals surface area (Å²) < 4.78 is 22.6. The third-order valence-electron chi connectivity index (χ3n) is 2.98. The Morgan fingerprint density at radius 1 is 1.53 bits per heavy atom. The molecule has 19 heavy (non-hydrogen) atoms. The first-order valence-corrected chi connectivity index (χ1v) is 7.91. The van der Waals surface area contributed by atoms with Crippen LogP contribution in [0.15, 0.2) is 12.1 Å². The van der Waals surface area contributed by atoms with Crippen molar-refractivity contribution in [2.24, 2.45) is 5.92 Å². The van der Waals surface area contributed by atoms with Crippen molar-refractivity contribution in [1.82, 2.24) is 4.98 Å². The number of hydrogen-bond donors (Lipinski definition) is 2. The lowest BCUT2D eigenvalue weighted by Crippen LogP contribution is -2.18. The second-order valence-corrected chi connectivity index (χ2v) is 7.10. The molecule has 0 spiro atoms. The minimum Gasteiger partial charge on any atom is -0.478 e. The highest BCUT2D eigenvalue weighted by atomic mass is 35.5. The van der Waals surface area contributed by atoms with Crippen LogP contribution in [0.2, 0.25) is 5.15 Å². The van der Waals surface area contributed by atoms with Gasteiger partial charge in [0.1, 0.15) is 16.5 Å². The molecular formula is C11H13ClN2O4S. The molecule has 1 aromatic heterocycles. The second-order valence-electron chi connectivity index (χ2n) is 4.49. The van der Waals surface area contributed by atoms with Crippen molar-refractivity contribution in [3.63, 3.8) is 0 Å². The lowest BCUT2D eigenvalue weighted by Gasteiger charge is -2.12.